The van der Waals surface area contributed by atoms with E-state index in [4.69, 9.17) is 0 Å². The van der Waals surface area contributed by atoms with Gasteiger partial charge in [-0.2, -0.15) is 0 Å². The average Bonchev–Trinajstić information content (AvgIpc) is 2.85. The molecule has 3 aromatic carbocycles. The smallest absolute Gasteiger partial charge is 0.177 e. The molecule has 0 aromatic heterocycles. The van der Waals surface area contributed by atoms with Crippen molar-refractivity contribution in [3.8, 4) is 0 Å². The maximum atomic E-state index is 13.6. The number of nitrogens with zero attached hydrogens (tertiary/aromatic N) is 2. The summed E-state index contributed by atoms with van der Waals surface area (Å²) in [5.74, 6) is 0.287. The third-order valence-corrected chi connectivity index (χ3v) is 7.61. The van der Waals surface area contributed by atoms with Crippen molar-refractivity contribution >= 4 is 33.1 Å². The van der Waals surface area contributed by atoms with Gasteiger partial charge >= 0.3 is 0 Å². The lowest BCUT2D eigenvalue weighted by Gasteiger charge is -2.35. The average molecular weight is 517 g/mol. The van der Waals surface area contributed by atoms with E-state index in [0.717, 1.165) is 71.4 Å². The molecule has 3 rings (SSSR count). The lowest BCUT2D eigenvalue weighted by atomic mass is 9.93. The molecular weight excluding hydrogens is 468 g/mol. The Labute approximate surface area is 230 Å². The number of rotatable bonds is 12. The predicted octanol–water partition coefficient (Wildman–Crippen LogP) is 8.16. The van der Waals surface area contributed by atoms with Crippen molar-refractivity contribution in [2.45, 2.75) is 92.2 Å². The Morgan fingerprint density at radius 2 is 1.00 bits per heavy atom. The first-order valence-corrected chi connectivity index (χ1v) is 14.4. The van der Waals surface area contributed by atoms with Crippen LogP contribution in [0.5, 0.6) is 0 Å². The Morgan fingerprint density at radius 1 is 0.632 bits per heavy atom. The van der Waals surface area contributed by atoms with E-state index in [2.05, 4.69) is 77.3 Å². The van der Waals surface area contributed by atoms with Crippen LogP contribution in [0.25, 0.3) is 21.5 Å². The molecule has 4 heteroatoms. The fourth-order valence-corrected chi connectivity index (χ4v) is 5.06. The minimum absolute atomic E-state index is 0.0740. The highest BCUT2D eigenvalue weighted by Gasteiger charge is 2.26. The summed E-state index contributed by atoms with van der Waals surface area (Å²) in [4.78, 5) is 31.8. The van der Waals surface area contributed by atoms with Crippen LogP contribution in [0, 0.1) is 0 Å². The summed E-state index contributed by atoms with van der Waals surface area (Å²) >= 11 is 0. The highest BCUT2D eigenvalue weighted by Crippen LogP contribution is 2.29. The van der Waals surface area contributed by atoms with Crippen molar-refractivity contribution in [1.82, 2.24) is 9.80 Å². The van der Waals surface area contributed by atoms with Crippen LogP contribution >= 0.6 is 0 Å². The molecule has 0 bridgehead atoms. The molecule has 0 aliphatic rings. The zero-order chi connectivity index (χ0) is 28.1. The molecule has 0 saturated carbocycles. The largest absolute Gasteiger partial charge is 0.293 e. The van der Waals surface area contributed by atoms with Crippen LogP contribution in [0.3, 0.4) is 0 Å². The van der Waals surface area contributed by atoms with Gasteiger partial charge in [0, 0.05) is 22.2 Å². The standard InChI is InChI=1S/C34H48N2O2/c1-9-11-19-35(33(3,4)5)23-31(37)27-17-13-15-25-22-30-26(21-29(25)27)16-14-18-28(30)32(38)24-36(20-12-10-2)34(6,7)8/h13-18,21-22H,9-12,19-20,23-24H2,1-8H3. The van der Waals surface area contributed by atoms with Crippen LogP contribution in [0.1, 0.15) is 102 Å². The normalized spacial score (nSPS) is 12.7. The fourth-order valence-electron chi connectivity index (χ4n) is 5.06. The SMILES string of the molecule is CCCCN(CC(=O)c1cccc2cc3c(C(=O)CN(CCCC)C(C)(C)C)cccc3cc12)C(C)(C)C. The minimum atomic E-state index is -0.0740. The van der Waals surface area contributed by atoms with Crippen molar-refractivity contribution in [3.05, 3.63) is 59.7 Å². The molecule has 0 aliphatic heterocycles. The monoisotopic (exact) mass is 516 g/mol. The topological polar surface area (TPSA) is 40.6 Å². The minimum Gasteiger partial charge on any atom is -0.293 e. The molecule has 0 amide bonds. The first-order valence-electron chi connectivity index (χ1n) is 14.4. The molecule has 0 radical (unpaired) electrons. The first kappa shape index (κ1) is 30.0. The van der Waals surface area contributed by atoms with Crippen LogP contribution < -0.4 is 0 Å². The second kappa shape index (κ2) is 12.5. The van der Waals surface area contributed by atoms with Crippen LogP contribution in [0.15, 0.2) is 48.5 Å². The summed E-state index contributed by atoms with van der Waals surface area (Å²) in [6.45, 7) is 20.0. The molecule has 3 aromatic rings. The number of benzene rings is 3. The van der Waals surface area contributed by atoms with E-state index in [9.17, 15) is 9.59 Å². The molecular formula is C34H48N2O2. The molecule has 0 saturated heterocycles. The number of fused-ring (bicyclic) bond motifs is 2. The van der Waals surface area contributed by atoms with E-state index >= 15 is 0 Å². The van der Waals surface area contributed by atoms with Crippen molar-refractivity contribution in [2.75, 3.05) is 26.2 Å². The second-order valence-electron chi connectivity index (χ2n) is 12.6. The number of hydrogen-bond acceptors (Lipinski definition) is 4. The van der Waals surface area contributed by atoms with Crippen LogP contribution in [-0.2, 0) is 0 Å². The molecule has 0 unspecified atom stereocenters. The van der Waals surface area contributed by atoms with E-state index in [1.165, 1.54) is 0 Å². The molecule has 0 spiro atoms. The van der Waals surface area contributed by atoms with Crippen LogP contribution in [-0.4, -0.2) is 58.6 Å². The van der Waals surface area contributed by atoms with Gasteiger partial charge in [0.1, 0.15) is 0 Å². The van der Waals surface area contributed by atoms with E-state index in [1.807, 2.05) is 36.4 Å². The first-order chi connectivity index (χ1) is 17.9. The molecule has 0 atom stereocenters. The van der Waals surface area contributed by atoms with Crippen molar-refractivity contribution in [3.63, 3.8) is 0 Å². The Bertz CT molecular complexity index is 1160. The number of hydrogen-bond donors (Lipinski definition) is 0. The zero-order valence-corrected chi connectivity index (χ0v) is 25.0. The molecule has 0 fully saturated rings. The lowest BCUT2D eigenvalue weighted by molar-refractivity contribution is 0.0808. The quantitative estimate of drug-likeness (QED) is 0.180. The highest BCUT2D eigenvalue weighted by molar-refractivity contribution is 6.16. The van der Waals surface area contributed by atoms with Gasteiger partial charge in [0.15, 0.2) is 11.6 Å². The summed E-state index contributed by atoms with van der Waals surface area (Å²) in [6, 6.07) is 16.1. The second-order valence-corrected chi connectivity index (χ2v) is 12.6. The zero-order valence-electron chi connectivity index (χ0n) is 25.0. The van der Waals surface area contributed by atoms with E-state index < -0.39 is 0 Å². The summed E-state index contributed by atoms with van der Waals surface area (Å²) in [6.07, 6.45) is 4.36. The van der Waals surface area contributed by atoms with Crippen LogP contribution in [0.4, 0.5) is 0 Å². The van der Waals surface area contributed by atoms with E-state index in [-0.39, 0.29) is 22.6 Å². The Morgan fingerprint density at radius 3 is 1.32 bits per heavy atom. The maximum absolute atomic E-state index is 13.6. The Balaban J connectivity index is 1.98. The van der Waals surface area contributed by atoms with Gasteiger partial charge in [-0.25, -0.2) is 0 Å². The number of carbonyl (C=O) groups is 2. The predicted molar refractivity (Wildman–Crippen MR) is 163 cm³/mol. The van der Waals surface area contributed by atoms with Gasteiger partial charge in [0.05, 0.1) is 13.1 Å². The highest BCUT2D eigenvalue weighted by atomic mass is 16.1. The number of ketones is 2. The summed E-state index contributed by atoms with van der Waals surface area (Å²) in [5, 5.41) is 3.91. The molecule has 0 aliphatic carbocycles. The van der Waals surface area contributed by atoms with Gasteiger partial charge in [-0.05, 0) is 101 Å². The molecule has 206 valence electrons. The van der Waals surface area contributed by atoms with Crippen molar-refractivity contribution < 1.29 is 9.59 Å². The summed E-state index contributed by atoms with van der Waals surface area (Å²) in [7, 11) is 0. The lowest BCUT2D eigenvalue weighted by Crippen LogP contribution is -2.45. The Kier molecular flexibility index (Phi) is 9.89. The third-order valence-electron chi connectivity index (χ3n) is 7.61. The van der Waals surface area contributed by atoms with Crippen molar-refractivity contribution in [2.24, 2.45) is 0 Å². The van der Waals surface area contributed by atoms with Gasteiger partial charge in [0.2, 0.25) is 0 Å². The number of Topliss-reactive ketones (excluding diaryl/α,β-unsaturated/α-hetero) is 2. The molecule has 4 nitrogen and oxygen atoms in total. The van der Waals surface area contributed by atoms with Gasteiger partial charge in [-0.1, -0.05) is 63.1 Å². The molecule has 0 N–H and O–H groups in total. The van der Waals surface area contributed by atoms with Gasteiger partial charge < -0.3 is 0 Å². The molecule has 38 heavy (non-hydrogen) atoms. The van der Waals surface area contributed by atoms with Crippen molar-refractivity contribution in [1.29, 1.82) is 0 Å². The molecule has 0 heterocycles. The number of carbonyl (C=O) groups excluding carboxylic acids is 2. The van der Waals surface area contributed by atoms with E-state index in [0.29, 0.717) is 13.1 Å². The van der Waals surface area contributed by atoms with Gasteiger partial charge in [-0.3, -0.25) is 19.4 Å². The van der Waals surface area contributed by atoms with Gasteiger partial charge in [0.25, 0.3) is 0 Å². The Hall–Kier alpha value is -2.56. The summed E-state index contributed by atoms with van der Waals surface area (Å²) < 4.78 is 0. The summed E-state index contributed by atoms with van der Waals surface area (Å²) in [5.41, 5.74) is 1.36. The number of unbranched alkanes of at least 4 members (excludes halogenated alkanes) is 2. The third kappa shape index (κ3) is 7.30. The fraction of sp³-hybridized carbons (Fsp3) is 0.529. The van der Waals surface area contributed by atoms with E-state index in [1.54, 1.807) is 0 Å². The maximum Gasteiger partial charge on any atom is 0.177 e. The van der Waals surface area contributed by atoms with Crippen LogP contribution in [0.2, 0.25) is 0 Å². The van der Waals surface area contributed by atoms with Gasteiger partial charge in [-0.15, -0.1) is 0 Å².